The van der Waals surface area contributed by atoms with Gasteiger partial charge >= 0.3 is 0 Å². The molecule has 0 bridgehead atoms. The molecule has 2 saturated heterocycles. The Kier molecular flexibility index (Phi) is 6.39. The minimum atomic E-state index is -0.468. The minimum absolute atomic E-state index is 0.162. The van der Waals surface area contributed by atoms with Crippen LogP contribution in [0.1, 0.15) is 73.1 Å². The second-order valence-corrected chi connectivity index (χ2v) is 9.62. The van der Waals surface area contributed by atoms with Gasteiger partial charge in [0.2, 0.25) is 0 Å². The maximum Gasteiger partial charge on any atom is 0.0672 e. The molecular formula is C20H40N2O2. The summed E-state index contributed by atoms with van der Waals surface area (Å²) in [6.07, 6.45) is 6.50. The lowest BCUT2D eigenvalue weighted by molar-refractivity contribution is -0.0598. The average molecular weight is 341 g/mol. The highest BCUT2D eigenvalue weighted by Crippen LogP contribution is 2.34. The fraction of sp³-hybridized carbons (Fsp3) is 1.00. The number of aliphatic hydroxyl groups is 1. The highest BCUT2D eigenvalue weighted by molar-refractivity contribution is 4.93. The molecule has 0 saturated carbocycles. The number of hydrogen-bond acceptors (Lipinski definition) is 4. The van der Waals surface area contributed by atoms with Gasteiger partial charge in [-0.2, -0.15) is 0 Å². The van der Waals surface area contributed by atoms with Gasteiger partial charge in [0.25, 0.3) is 0 Å². The summed E-state index contributed by atoms with van der Waals surface area (Å²) in [7, 11) is 1.82. The molecule has 142 valence electrons. The van der Waals surface area contributed by atoms with Crippen LogP contribution in [0.15, 0.2) is 0 Å². The normalized spacial score (nSPS) is 25.1. The van der Waals surface area contributed by atoms with Crippen molar-refractivity contribution in [1.82, 2.24) is 9.80 Å². The fourth-order valence-electron chi connectivity index (χ4n) is 4.24. The molecule has 0 aromatic heterocycles. The van der Waals surface area contributed by atoms with Gasteiger partial charge in [-0.1, -0.05) is 0 Å². The summed E-state index contributed by atoms with van der Waals surface area (Å²) < 4.78 is 5.49. The summed E-state index contributed by atoms with van der Waals surface area (Å²) in [5, 5.41) is 11.0. The van der Waals surface area contributed by atoms with E-state index in [0.29, 0.717) is 6.10 Å². The third-order valence-electron chi connectivity index (χ3n) is 6.48. The first-order valence-corrected chi connectivity index (χ1v) is 9.81. The molecule has 0 spiro atoms. The molecule has 0 atom stereocenters. The van der Waals surface area contributed by atoms with E-state index in [9.17, 15) is 5.11 Å². The molecule has 2 aliphatic rings. The topological polar surface area (TPSA) is 35.9 Å². The molecule has 2 rings (SSSR count). The molecule has 2 fully saturated rings. The standard InChI is InChI=1S/C20H40N2O2/c1-18(2,3)21-15-11-20(23,12-16-21)10-9-19(4,5)22-13-7-17(24-6)8-14-22/h17,23H,7-16H2,1-6H3. The minimum Gasteiger partial charge on any atom is -0.390 e. The van der Waals surface area contributed by atoms with Crippen molar-refractivity contribution in [3.05, 3.63) is 0 Å². The fourth-order valence-corrected chi connectivity index (χ4v) is 4.24. The van der Waals surface area contributed by atoms with Crippen molar-refractivity contribution in [1.29, 1.82) is 0 Å². The van der Waals surface area contributed by atoms with Crippen molar-refractivity contribution in [3.8, 4) is 0 Å². The molecule has 0 aromatic carbocycles. The largest absolute Gasteiger partial charge is 0.390 e. The molecule has 0 aliphatic carbocycles. The van der Waals surface area contributed by atoms with Crippen molar-refractivity contribution in [2.45, 2.75) is 95.9 Å². The third-order valence-corrected chi connectivity index (χ3v) is 6.48. The maximum atomic E-state index is 11.0. The van der Waals surface area contributed by atoms with E-state index < -0.39 is 5.60 Å². The summed E-state index contributed by atoms with van der Waals surface area (Å²) in [5.41, 5.74) is -0.0915. The second-order valence-electron chi connectivity index (χ2n) is 9.62. The molecule has 2 aliphatic heterocycles. The monoisotopic (exact) mass is 340 g/mol. The van der Waals surface area contributed by atoms with Gasteiger partial charge in [0.15, 0.2) is 0 Å². The number of piperidine rings is 2. The van der Waals surface area contributed by atoms with Crippen molar-refractivity contribution >= 4 is 0 Å². The first-order valence-electron chi connectivity index (χ1n) is 9.81. The number of likely N-dealkylation sites (tertiary alicyclic amines) is 2. The number of ether oxygens (including phenoxy) is 1. The zero-order valence-corrected chi connectivity index (χ0v) is 16.9. The highest BCUT2D eigenvalue weighted by Gasteiger charge is 2.38. The predicted molar refractivity (Wildman–Crippen MR) is 100 cm³/mol. The van der Waals surface area contributed by atoms with Gasteiger partial charge in [-0.05, 0) is 73.1 Å². The number of hydrogen-bond donors (Lipinski definition) is 1. The molecule has 0 radical (unpaired) electrons. The Balaban J connectivity index is 1.81. The maximum absolute atomic E-state index is 11.0. The van der Waals surface area contributed by atoms with E-state index in [1.807, 2.05) is 7.11 Å². The summed E-state index contributed by atoms with van der Waals surface area (Å²) >= 11 is 0. The highest BCUT2D eigenvalue weighted by atomic mass is 16.5. The summed E-state index contributed by atoms with van der Waals surface area (Å²) in [4.78, 5) is 5.10. The van der Waals surface area contributed by atoms with Crippen LogP contribution >= 0.6 is 0 Å². The Morgan fingerprint density at radius 2 is 1.50 bits per heavy atom. The van der Waals surface area contributed by atoms with Gasteiger partial charge in [0.05, 0.1) is 11.7 Å². The van der Waals surface area contributed by atoms with E-state index in [1.165, 1.54) is 0 Å². The summed E-state index contributed by atoms with van der Waals surface area (Å²) in [6.45, 7) is 15.7. The molecular weight excluding hydrogens is 300 g/mol. The van der Waals surface area contributed by atoms with Gasteiger partial charge in [0, 0.05) is 44.4 Å². The lowest BCUT2D eigenvalue weighted by atomic mass is 9.81. The summed E-state index contributed by atoms with van der Waals surface area (Å²) in [6, 6.07) is 0. The number of rotatable bonds is 5. The number of methoxy groups -OCH3 is 1. The Hall–Kier alpha value is -0.160. The molecule has 0 aromatic rings. The lowest BCUT2D eigenvalue weighted by Gasteiger charge is -2.47. The first kappa shape index (κ1) is 20.2. The quantitative estimate of drug-likeness (QED) is 0.833. The van der Waals surface area contributed by atoms with Crippen molar-refractivity contribution < 1.29 is 9.84 Å². The van der Waals surface area contributed by atoms with Crippen LogP contribution in [0.2, 0.25) is 0 Å². The van der Waals surface area contributed by atoms with Crippen LogP contribution in [-0.2, 0) is 4.74 Å². The molecule has 24 heavy (non-hydrogen) atoms. The van der Waals surface area contributed by atoms with E-state index in [-0.39, 0.29) is 11.1 Å². The predicted octanol–water partition coefficient (Wildman–Crippen LogP) is 3.28. The zero-order chi connectivity index (χ0) is 18.0. The van der Waals surface area contributed by atoms with E-state index in [0.717, 1.165) is 64.7 Å². The van der Waals surface area contributed by atoms with Crippen LogP contribution in [0.4, 0.5) is 0 Å². The third kappa shape index (κ3) is 5.17. The van der Waals surface area contributed by atoms with Crippen LogP contribution < -0.4 is 0 Å². The van der Waals surface area contributed by atoms with Gasteiger partial charge in [0.1, 0.15) is 0 Å². The van der Waals surface area contributed by atoms with Gasteiger partial charge in [-0.3, -0.25) is 9.80 Å². The Morgan fingerprint density at radius 3 is 1.96 bits per heavy atom. The van der Waals surface area contributed by atoms with Crippen molar-refractivity contribution in [2.75, 3.05) is 33.3 Å². The first-order chi connectivity index (χ1) is 11.1. The Morgan fingerprint density at radius 1 is 0.958 bits per heavy atom. The average Bonchev–Trinajstić information content (AvgIpc) is 2.53. The Labute approximate surface area is 149 Å². The second kappa shape index (κ2) is 7.61. The van der Waals surface area contributed by atoms with Gasteiger partial charge in [-0.15, -0.1) is 0 Å². The summed E-state index contributed by atoms with van der Waals surface area (Å²) in [5.74, 6) is 0. The number of nitrogens with zero attached hydrogens (tertiary/aromatic N) is 2. The van der Waals surface area contributed by atoms with E-state index in [2.05, 4.69) is 44.4 Å². The SMILES string of the molecule is COC1CCN(C(C)(C)CCC2(O)CCN(C(C)(C)C)CC2)CC1. The zero-order valence-electron chi connectivity index (χ0n) is 16.9. The van der Waals surface area contributed by atoms with E-state index >= 15 is 0 Å². The van der Waals surface area contributed by atoms with Crippen LogP contribution in [0.25, 0.3) is 0 Å². The smallest absolute Gasteiger partial charge is 0.0672 e. The van der Waals surface area contributed by atoms with Gasteiger partial charge < -0.3 is 9.84 Å². The Bertz CT molecular complexity index is 387. The molecule has 4 heteroatoms. The molecule has 0 unspecified atom stereocenters. The van der Waals surface area contributed by atoms with E-state index in [1.54, 1.807) is 0 Å². The van der Waals surface area contributed by atoms with Gasteiger partial charge in [-0.25, -0.2) is 0 Å². The van der Waals surface area contributed by atoms with Crippen molar-refractivity contribution in [2.24, 2.45) is 0 Å². The van der Waals surface area contributed by atoms with E-state index in [4.69, 9.17) is 4.74 Å². The lowest BCUT2D eigenvalue weighted by Crippen LogP contribution is -2.53. The molecule has 1 N–H and O–H groups in total. The van der Waals surface area contributed by atoms with Crippen molar-refractivity contribution in [3.63, 3.8) is 0 Å². The van der Waals surface area contributed by atoms with Crippen LogP contribution in [0.3, 0.4) is 0 Å². The molecule has 0 amide bonds. The van der Waals surface area contributed by atoms with Crippen LogP contribution in [-0.4, -0.2) is 71.0 Å². The van der Waals surface area contributed by atoms with Crippen LogP contribution in [0, 0.1) is 0 Å². The van der Waals surface area contributed by atoms with Crippen LogP contribution in [0.5, 0.6) is 0 Å². The molecule has 2 heterocycles. The molecule has 4 nitrogen and oxygen atoms in total.